The highest BCUT2D eigenvalue weighted by Crippen LogP contribution is 2.44. The number of hydrogen-bond donors (Lipinski definition) is 0. The third-order valence-electron chi connectivity index (χ3n) is 11.8. The Hall–Kier alpha value is -7.62. The van der Waals surface area contributed by atoms with E-state index < -0.39 is 0 Å². The van der Waals surface area contributed by atoms with Gasteiger partial charge in [-0.2, -0.15) is 0 Å². The van der Waals surface area contributed by atoms with Crippen molar-refractivity contribution in [2.45, 2.75) is 0 Å². The quantitative estimate of drug-likeness (QED) is 0.168. The third kappa shape index (κ3) is 4.79. The summed E-state index contributed by atoms with van der Waals surface area (Å²) in [7, 11) is 0. The lowest BCUT2D eigenvalue weighted by atomic mass is 9.99. The zero-order chi connectivity index (χ0) is 37.5. The fourth-order valence-electron chi connectivity index (χ4n) is 9.35. The molecule has 0 unspecified atom stereocenters. The summed E-state index contributed by atoms with van der Waals surface area (Å²) >= 11 is 0. The van der Waals surface area contributed by atoms with E-state index >= 15 is 0 Å². The van der Waals surface area contributed by atoms with Crippen molar-refractivity contribution in [1.29, 1.82) is 0 Å². The molecule has 0 atom stereocenters. The van der Waals surface area contributed by atoms with Gasteiger partial charge in [-0.3, -0.25) is 0 Å². The molecule has 0 N–H and O–H groups in total. The predicted octanol–water partition coefficient (Wildman–Crippen LogP) is 14.3. The summed E-state index contributed by atoms with van der Waals surface area (Å²) in [5.41, 5.74) is 15.5. The maximum Gasteiger partial charge on any atom is 0.0548 e. The SMILES string of the molecule is c1ccc(-c2cccc(-n3c4ccccc4c4c5c6cc(-c7ccc8c(c7)c7ccccc7n8-c7ccccc7)ccc6n(-c6ccccc6)c5ccc43)c2)cc1. The van der Waals surface area contributed by atoms with Gasteiger partial charge in [0.1, 0.15) is 0 Å². The van der Waals surface area contributed by atoms with Crippen LogP contribution in [0.1, 0.15) is 0 Å². The molecule has 12 aromatic rings. The highest BCUT2D eigenvalue weighted by Gasteiger charge is 2.22. The van der Waals surface area contributed by atoms with Gasteiger partial charge in [0, 0.05) is 49.4 Å². The number of fused-ring (bicyclic) bond motifs is 10. The average molecular weight is 726 g/mol. The first kappa shape index (κ1) is 31.7. The van der Waals surface area contributed by atoms with E-state index in [0.717, 1.165) is 11.4 Å². The Morgan fingerprint density at radius 1 is 0.211 bits per heavy atom. The van der Waals surface area contributed by atoms with Gasteiger partial charge in [-0.1, -0.05) is 127 Å². The van der Waals surface area contributed by atoms with Crippen molar-refractivity contribution >= 4 is 65.4 Å². The van der Waals surface area contributed by atoms with Crippen molar-refractivity contribution in [1.82, 2.24) is 13.7 Å². The molecular weight excluding hydrogens is 691 g/mol. The molecule has 3 aromatic heterocycles. The number of nitrogens with zero attached hydrogens (tertiary/aromatic N) is 3. The van der Waals surface area contributed by atoms with Crippen LogP contribution < -0.4 is 0 Å². The zero-order valence-electron chi connectivity index (χ0n) is 31.0. The first-order valence-electron chi connectivity index (χ1n) is 19.6. The molecule has 3 nitrogen and oxygen atoms in total. The Morgan fingerprint density at radius 3 is 1.28 bits per heavy atom. The van der Waals surface area contributed by atoms with Gasteiger partial charge >= 0.3 is 0 Å². The smallest absolute Gasteiger partial charge is 0.0548 e. The van der Waals surface area contributed by atoms with Crippen molar-refractivity contribution in [3.63, 3.8) is 0 Å². The fraction of sp³-hybridized carbons (Fsp3) is 0. The Morgan fingerprint density at radius 2 is 0.614 bits per heavy atom. The number of benzene rings is 9. The second-order valence-electron chi connectivity index (χ2n) is 14.9. The summed E-state index contributed by atoms with van der Waals surface area (Å²) in [5.74, 6) is 0. The van der Waals surface area contributed by atoms with Crippen LogP contribution in [0.5, 0.6) is 0 Å². The van der Waals surface area contributed by atoms with E-state index in [1.54, 1.807) is 0 Å². The molecule has 0 aliphatic heterocycles. The van der Waals surface area contributed by atoms with Crippen LogP contribution in [-0.4, -0.2) is 13.7 Å². The van der Waals surface area contributed by atoms with E-state index in [2.05, 4.69) is 226 Å². The van der Waals surface area contributed by atoms with Crippen molar-refractivity contribution in [3.8, 4) is 39.3 Å². The van der Waals surface area contributed by atoms with Gasteiger partial charge in [0.15, 0.2) is 0 Å². The third-order valence-corrected chi connectivity index (χ3v) is 11.8. The van der Waals surface area contributed by atoms with Crippen LogP contribution in [0.3, 0.4) is 0 Å². The second kappa shape index (κ2) is 12.5. The molecule has 57 heavy (non-hydrogen) atoms. The number of hydrogen-bond acceptors (Lipinski definition) is 0. The molecule has 0 aliphatic carbocycles. The molecule has 0 aliphatic rings. The monoisotopic (exact) mass is 725 g/mol. The summed E-state index contributed by atoms with van der Waals surface area (Å²) in [6.07, 6.45) is 0. The lowest BCUT2D eigenvalue weighted by Crippen LogP contribution is -1.95. The van der Waals surface area contributed by atoms with Crippen LogP contribution >= 0.6 is 0 Å². The van der Waals surface area contributed by atoms with E-state index in [0.29, 0.717) is 0 Å². The second-order valence-corrected chi connectivity index (χ2v) is 14.9. The van der Waals surface area contributed by atoms with Crippen LogP contribution in [-0.2, 0) is 0 Å². The fourth-order valence-corrected chi connectivity index (χ4v) is 9.35. The van der Waals surface area contributed by atoms with Crippen LogP contribution in [0.15, 0.2) is 212 Å². The molecule has 0 fully saturated rings. The van der Waals surface area contributed by atoms with Gasteiger partial charge in [-0.15, -0.1) is 0 Å². The minimum atomic E-state index is 1.15. The van der Waals surface area contributed by atoms with Gasteiger partial charge in [-0.25, -0.2) is 0 Å². The van der Waals surface area contributed by atoms with Crippen molar-refractivity contribution < 1.29 is 0 Å². The highest BCUT2D eigenvalue weighted by molar-refractivity contribution is 6.29. The van der Waals surface area contributed by atoms with Gasteiger partial charge in [0.25, 0.3) is 0 Å². The first-order chi connectivity index (χ1) is 28.3. The Balaban J connectivity index is 1.14. The zero-order valence-corrected chi connectivity index (χ0v) is 31.0. The summed E-state index contributed by atoms with van der Waals surface area (Å²) < 4.78 is 7.27. The maximum atomic E-state index is 2.45. The molecule has 0 radical (unpaired) electrons. The van der Waals surface area contributed by atoms with Crippen molar-refractivity contribution in [2.24, 2.45) is 0 Å². The van der Waals surface area contributed by atoms with Crippen LogP contribution in [0.4, 0.5) is 0 Å². The summed E-state index contributed by atoms with van der Waals surface area (Å²) in [6.45, 7) is 0. The Bertz CT molecular complexity index is 3500. The average Bonchev–Trinajstić information content (AvgIpc) is 3.92. The topological polar surface area (TPSA) is 14.8 Å². The molecule has 0 amide bonds. The normalized spacial score (nSPS) is 11.9. The minimum absolute atomic E-state index is 1.15. The largest absolute Gasteiger partial charge is 0.309 e. The van der Waals surface area contributed by atoms with Crippen LogP contribution in [0, 0.1) is 0 Å². The van der Waals surface area contributed by atoms with Gasteiger partial charge in [0.05, 0.1) is 33.1 Å². The molecular formula is C54H35N3. The van der Waals surface area contributed by atoms with E-state index in [9.17, 15) is 0 Å². The highest BCUT2D eigenvalue weighted by atomic mass is 15.0. The molecule has 3 heteroatoms. The van der Waals surface area contributed by atoms with E-state index in [1.165, 1.54) is 93.4 Å². The molecule has 3 heterocycles. The molecule has 0 bridgehead atoms. The van der Waals surface area contributed by atoms with E-state index in [4.69, 9.17) is 0 Å². The Kier molecular flexibility index (Phi) is 6.93. The summed E-state index contributed by atoms with van der Waals surface area (Å²) in [5, 5.41) is 7.53. The molecule has 0 saturated carbocycles. The van der Waals surface area contributed by atoms with Gasteiger partial charge in [0.2, 0.25) is 0 Å². The lowest BCUT2D eigenvalue weighted by Gasteiger charge is -2.11. The van der Waals surface area contributed by atoms with E-state index in [1.807, 2.05) is 0 Å². The number of rotatable bonds is 5. The van der Waals surface area contributed by atoms with Crippen molar-refractivity contribution in [3.05, 3.63) is 212 Å². The molecule has 12 rings (SSSR count). The van der Waals surface area contributed by atoms with Crippen LogP contribution in [0.25, 0.3) is 105 Å². The van der Waals surface area contributed by atoms with Crippen molar-refractivity contribution in [2.75, 3.05) is 0 Å². The number of para-hydroxylation sites is 4. The minimum Gasteiger partial charge on any atom is -0.309 e. The summed E-state index contributed by atoms with van der Waals surface area (Å²) in [6, 6.07) is 77.4. The number of aromatic nitrogens is 3. The van der Waals surface area contributed by atoms with Gasteiger partial charge in [-0.05, 0) is 107 Å². The maximum absolute atomic E-state index is 2.45. The molecule has 0 spiro atoms. The summed E-state index contributed by atoms with van der Waals surface area (Å²) in [4.78, 5) is 0. The molecule has 0 saturated heterocycles. The molecule has 266 valence electrons. The van der Waals surface area contributed by atoms with E-state index in [-0.39, 0.29) is 0 Å². The van der Waals surface area contributed by atoms with Gasteiger partial charge < -0.3 is 13.7 Å². The van der Waals surface area contributed by atoms with Crippen LogP contribution in [0.2, 0.25) is 0 Å². The molecule has 9 aromatic carbocycles. The predicted molar refractivity (Wildman–Crippen MR) is 240 cm³/mol. The first-order valence-corrected chi connectivity index (χ1v) is 19.6. The standard InChI is InChI=1S/C54H35N3/c1-4-15-36(16-5-1)37-17-14-22-42(33-37)57-48-26-13-11-24-44(48)53-51(57)31-32-52-54(53)46-35-39(28-30-50(46)56(52)41-20-8-3-9-21-41)38-27-29-49-45(34-38)43-23-10-12-25-47(43)55(49)40-18-6-2-7-19-40/h1-35H. The lowest BCUT2D eigenvalue weighted by molar-refractivity contribution is 1.17. The Labute approximate surface area is 329 Å².